The third-order valence-electron chi connectivity index (χ3n) is 2.94. The van der Waals surface area contributed by atoms with Crippen LogP contribution in [-0.4, -0.2) is 23.6 Å². The number of anilines is 1. The maximum Gasteiger partial charge on any atom is 0.147 e. The molecule has 2 heterocycles. The Balaban J connectivity index is 2.08. The van der Waals surface area contributed by atoms with Gasteiger partial charge in [-0.25, -0.2) is 4.98 Å². The standard InChI is InChI=1S/C15H19ClN4/c1-3-17-9-12-8-14(16)15(19-10-12)20(2)11-13-6-4-5-7-18-13/h4-8,10,17H,3,9,11H2,1-2H3. The monoisotopic (exact) mass is 290 g/mol. The van der Waals surface area contributed by atoms with Crippen LogP contribution in [-0.2, 0) is 13.1 Å². The Bertz CT molecular complexity index is 545. The van der Waals surface area contributed by atoms with E-state index in [4.69, 9.17) is 11.6 Å². The number of nitrogens with one attached hydrogen (secondary N) is 1. The highest BCUT2D eigenvalue weighted by atomic mass is 35.5. The molecule has 0 saturated heterocycles. The molecular weight excluding hydrogens is 272 g/mol. The van der Waals surface area contributed by atoms with Crippen molar-refractivity contribution in [3.05, 3.63) is 52.9 Å². The Morgan fingerprint density at radius 1 is 1.30 bits per heavy atom. The fraction of sp³-hybridized carbons (Fsp3) is 0.333. The maximum atomic E-state index is 6.32. The smallest absolute Gasteiger partial charge is 0.147 e. The van der Waals surface area contributed by atoms with Crippen molar-refractivity contribution in [3.63, 3.8) is 0 Å². The van der Waals surface area contributed by atoms with Crippen molar-refractivity contribution in [1.29, 1.82) is 0 Å². The van der Waals surface area contributed by atoms with Gasteiger partial charge in [-0.1, -0.05) is 24.6 Å². The summed E-state index contributed by atoms with van der Waals surface area (Å²) in [6.45, 7) is 4.47. The van der Waals surface area contributed by atoms with Crippen molar-refractivity contribution >= 4 is 17.4 Å². The highest BCUT2D eigenvalue weighted by Crippen LogP contribution is 2.24. The van der Waals surface area contributed by atoms with Gasteiger partial charge in [0, 0.05) is 26.0 Å². The second-order valence-electron chi connectivity index (χ2n) is 4.61. The second-order valence-corrected chi connectivity index (χ2v) is 5.01. The minimum absolute atomic E-state index is 0.666. The zero-order valence-corrected chi connectivity index (χ0v) is 12.6. The van der Waals surface area contributed by atoms with Gasteiger partial charge in [-0.05, 0) is 30.3 Å². The van der Waals surface area contributed by atoms with Crippen molar-refractivity contribution in [2.75, 3.05) is 18.5 Å². The minimum Gasteiger partial charge on any atom is -0.353 e. The SMILES string of the molecule is CCNCc1cnc(N(C)Cc2ccccn2)c(Cl)c1. The molecule has 0 spiro atoms. The summed E-state index contributed by atoms with van der Waals surface area (Å²) in [5.74, 6) is 0.776. The molecule has 2 aromatic rings. The molecule has 1 N–H and O–H groups in total. The van der Waals surface area contributed by atoms with Crippen molar-refractivity contribution < 1.29 is 0 Å². The zero-order chi connectivity index (χ0) is 14.4. The van der Waals surface area contributed by atoms with Gasteiger partial charge in [0.2, 0.25) is 0 Å². The van der Waals surface area contributed by atoms with Crippen LogP contribution in [0.25, 0.3) is 0 Å². The third-order valence-corrected chi connectivity index (χ3v) is 3.22. The lowest BCUT2D eigenvalue weighted by Gasteiger charge is -2.19. The van der Waals surface area contributed by atoms with Crippen LogP contribution in [0.2, 0.25) is 5.02 Å². The summed E-state index contributed by atoms with van der Waals surface area (Å²) >= 11 is 6.32. The summed E-state index contributed by atoms with van der Waals surface area (Å²) in [5.41, 5.74) is 2.08. The fourth-order valence-electron chi connectivity index (χ4n) is 1.93. The largest absolute Gasteiger partial charge is 0.353 e. The fourth-order valence-corrected chi connectivity index (χ4v) is 2.26. The van der Waals surface area contributed by atoms with Gasteiger partial charge in [0.25, 0.3) is 0 Å². The molecule has 2 aromatic heterocycles. The molecule has 0 saturated carbocycles. The predicted octanol–water partition coefficient (Wildman–Crippen LogP) is 2.88. The molecule has 0 aliphatic carbocycles. The van der Waals surface area contributed by atoms with Gasteiger partial charge < -0.3 is 10.2 Å². The molecule has 0 bridgehead atoms. The highest BCUT2D eigenvalue weighted by Gasteiger charge is 2.09. The van der Waals surface area contributed by atoms with Crippen LogP contribution in [0, 0.1) is 0 Å². The van der Waals surface area contributed by atoms with Crippen molar-refractivity contribution in [2.24, 2.45) is 0 Å². The van der Waals surface area contributed by atoms with Crippen LogP contribution in [0.4, 0.5) is 5.82 Å². The molecule has 0 aromatic carbocycles. The molecule has 0 aliphatic heterocycles. The lowest BCUT2D eigenvalue weighted by Crippen LogP contribution is -2.19. The summed E-state index contributed by atoms with van der Waals surface area (Å²) in [5, 5.41) is 3.92. The molecule has 0 unspecified atom stereocenters. The quantitative estimate of drug-likeness (QED) is 0.888. The van der Waals surface area contributed by atoms with Crippen LogP contribution in [0.3, 0.4) is 0 Å². The minimum atomic E-state index is 0.666. The van der Waals surface area contributed by atoms with Gasteiger partial charge in [-0.3, -0.25) is 4.98 Å². The average molecular weight is 291 g/mol. The Hall–Kier alpha value is -1.65. The van der Waals surface area contributed by atoms with E-state index in [1.165, 1.54) is 0 Å². The van der Waals surface area contributed by atoms with E-state index >= 15 is 0 Å². The van der Waals surface area contributed by atoms with E-state index in [0.29, 0.717) is 11.6 Å². The molecule has 0 atom stereocenters. The summed E-state index contributed by atoms with van der Waals surface area (Å²) in [7, 11) is 1.97. The van der Waals surface area contributed by atoms with E-state index in [2.05, 4.69) is 22.2 Å². The van der Waals surface area contributed by atoms with E-state index in [9.17, 15) is 0 Å². The van der Waals surface area contributed by atoms with E-state index in [1.807, 2.05) is 42.4 Å². The van der Waals surface area contributed by atoms with E-state index < -0.39 is 0 Å². The van der Waals surface area contributed by atoms with Gasteiger partial charge in [0.15, 0.2) is 0 Å². The molecule has 20 heavy (non-hydrogen) atoms. The Kier molecular flexibility index (Phi) is 5.32. The molecule has 0 fully saturated rings. The number of hydrogen-bond donors (Lipinski definition) is 1. The molecule has 5 heteroatoms. The molecule has 106 valence electrons. The first-order chi connectivity index (χ1) is 9.70. The average Bonchev–Trinajstić information content (AvgIpc) is 2.46. The summed E-state index contributed by atoms with van der Waals surface area (Å²) in [6, 6.07) is 7.83. The first-order valence-corrected chi connectivity index (χ1v) is 7.04. The predicted molar refractivity (Wildman–Crippen MR) is 83.0 cm³/mol. The van der Waals surface area contributed by atoms with Crippen LogP contribution in [0.15, 0.2) is 36.7 Å². The van der Waals surface area contributed by atoms with E-state index in [-0.39, 0.29) is 0 Å². The van der Waals surface area contributed by atoms with Gasteiger partial charge >= 0.3 is 0 Å². The summed E-state index contributed by atoms with van der Waals surface area (Å²) < 4.78 is 0. The van der Waals surface area contributed by atoms with Gasteiger partial charge in [-0.15, -0.1) is 0 Å². The van der Waals surface area contributed by atoms with Crippen LogP contribution < -0.4 is 10.2 Å². The molecule has 4 nitrogen and oxygen atoms in total. The first-order valence-electron chi connectivity index (χ1n) is 6.67. The molecule has 0 radical (unpaired) electrons. The Morgan fingerprint density at radius 2 is 2.15 bits per heavy atom. The van der Waals surface area contributed by atoms with Crippen molar-refractivity contribution in [3.8, 4) is 0 Å². The first kappa shape index (κ1) is 14.8. The third kappa shape index (κ3) is 3.92. The van der Waals surface area contributed by atoms with E-state index in [0.717, 1.165) is 30.2 Å². The van der Waals surface area contributed by atoms with Gasteiger partial charge in [0.05, 0.1) is 17.3 Å². The number of aromatic nitrogens is 2. The number of nitrogens with zero attached hydrogens (tertiary/aromatic N) is 3. The van der Waals surface area contributed by atoms with Crippen LogP contribution in [0.1, 0.15) is 18.2 Å². The number of rotatable bonds is 6. The maximum absolute atomic E-state index is 6.32. The molecule has 0 aliphatic rings. The Morgan fingerprint density at radius 3 is 2.80 bits per heavy atom. The molecule has 0 amide bonds. The lowest BCUT2D eigenvalue weighted by molar-refractivity contribution is 0.723. The van der Waals surface area contributed by atoms with Crippen LogP contribution >= 0.6 is 11.6 Å². The lowest BCUT2D eigenvalue weighted by atomic mass is 10.2. The number of pyridine rings is 2. The number of hydrogen-bond acceptors (Lipinski definition) is 4. The summed E-state index contributed by atoms with van der Waals surface area (Å²) in [4.78, 5) is 10.8. The topological polar surface area (TPSA) is 41.1 Å². The normalized spacial score (nSPS) is 10.6. The van der Waals surface area contributed by atoms with Crippen LogP contribution in [0.5, 0.6) is 0 Å². The van der Waals surface area contributed by atoms with Crippen molar-refractivity contribution in [2.45, 2.75) is 20.0 Å². The Labute approximate surface area is 124 Å². The van der Waals surface area contributed by atoms with Gasteiger partial charge in [0.1, 0.15) is 5.82 Å². The second kappa shape index (κ2) is 7.22. The van der Waals surface area contributed by atoms with Crippen molar-refractivity contribution in [1.82, 2.24) is 15.3 Å². The zero-order valence-electron chi connectivity index (χ0n) is 11.8. The summed E-state index contributed by atoms with van der Waals surface area (Å²) in [6.07, 6.45) is 3.65. The van der Waals surface area contributed by atoms with Gasteiger partial charge in [-0.2, -0.15) is 0 Å². The van der Waals surface area contributed by atoms with E-state index in [1.54, 1.807) is 6.20 Å². The highest BCUT2D eigenvalue weighted by molar-refractivity contribution is 6.33. The molecular formula is C15H19ClN4. The number of halogens is 1. The molecule has 2 rings (SSSR count).